The predicted octanol–water partition coefficient (Wildman–Crippen LogP) is 14.6. The minimum atomic E-state index is -0.121. The molecule has 0 amide bonds. The van der Waals surface area contributed by atoms with Crippen LogP contribution in [0.5, 0.6) is 0 Å². The normalized spacial score (nSPS) is 12.7. The maximum Gasteiger partial charge on any atom is 0.0634 e. The maximum absolute atomic E-state index is 4.34. The highest BCUT2D eigenvalue weighted by molar-refractivity contribution is 6.14. The molecule has 268 valence electrons. The van der Waals surface area contributed by atoms with E-state index < -0.39 is 0 Å². The van der Waals surface area contributed by atoms with Gasteiger partial charge in [0.25, 0.3) is 0 Å². The van der Waals surface area contributed by atoms with Crippen LogP contribution in [0.3, 0.4) is 0 Å². The number of hydrogen-bond donors (Lipinski definition) is 1. The molecule has 0 aliphatic heterocycles. The van der Waals surface area contributed by atoms with Gasteiger partial charge in [-0.2, -0.15) is 0 Å². The monoisotopic (exact) mass is 719 g/mol. The Morgan fingerprint density at radius 3 is 1.89 bits per heavy atom. The van der Waals surface area contributed by atoms with Crippen LogP contribution >= 0.6 is 0 Å². The molecule has 10 rings (SSSR count). The van der Waals surface area contributed by atoms with Gasteiger partial charge in [-0.25, -0.2) is 0 Å². The number of fused-ring (bicyclic) bond motifs is 6. The quantitative estimate of drug-likeness (QED) is 0.169. The lowest BCUT2D eigenvalue weighted by Crippen LogP contribution is -2.16. The van der Waals surface area contributed by atoms with Crippen LogP contribution in [0.2, 0.25) is 0 Å². The minimum absolute atomic E-state index is 0.121. The smallest absolute Gasteiger partial charge is 0.0634 e. The summed E-state index contributed by atoms with van der Waals surface area (Å²) in [5, 5.41) is 6.02. The number of para-hydroxylation sites is 2. The lowest BCUT2D eigenvalue weighted by molar-refractivity contribution is 0.660. The largest absolute Gasteiger partial charge is 0.355 e. The zero-order chi connectivity index (χ0) is 37.8. The number of aromatic nitrogens is 1. The van der Waals surface area contributed by atoms with Crippen molar-refractivity contribution < 1.29 is 0 Å². The molecule has 0 unspecified atom stereocenters. The van der Waals surface area contributed by atoms with E-state index in [1.54, 1.807) is 0 Å². The van der Waals surface area contributed by atoms with E-state index in [1.807, 2.05) is 12.1 Å². The fourth-order valence-electron chi connectivity index (χ4n) is 8.81. The van der Waals surface area contributed by atoms with Crippen molar-refractivity contribution in [2.75, 3.05) is 10.2 Å². The van der Waals surface area contributed by atoms with Crippen LogP contribution in [0.4, 0.5) is 28.4 Å². The van der Waals surface area contributed by atoms with Gasteiger partial charge < -0.3 is 14.8 Å². The summed E-state index contributed by atoms with van der Waals surface area (Å²) in [6.45, 7) is 9.04. The lowest BCUT2D eigenvalue weighted by atomic mass is 9.82. The fourth-order valence-corrected chi connectivity index (χ4v) is 8.81. The minimum Gasteiger partial charge on any atom is -0.355 e. The summed E-state index contributed by atoms with van der Waals surface area (Å²) in [5.74, 6) is 0. The molecular formula is C53H41N3. The molecule has 9 aromatic rings. The van der Waals surface area contributed by atoms with E-state index in [9.17, 15) is 0 Å². The summed E-state index contributed by atoms with van der Waals surface area (Å²) in [6.07, 6.45) is 1.98. The lowest BCUT2D eigenvalue weighted by Gasteiger charge is -2.28. The van der Waals surface area contributed by atoms with Gasteiger partial charge in [-0.05, 0) is 106 Å². The summed E-state index contributed by atoms with van der Waals surface area (Å²) in [4.78, 5) is 2.42. The molecule has 1 aliphatic rings. The molecule has 0 spiro atoms. The molecule has 8 aromatic carbocycles. The van der Waals surface area contributed by atoms with E-state index in [1.165, 1.54) is 44.2 Å². The Kier molecular flexibility index (Phi) is 7.97. The van der Waals surface area contributed by atoms with E-state index in [2.05, 4.69) is 217 Å². The first kappa shape index (κ1) is 33.5. The summed E-state index contributed by atoms with van der Waals surface area (Å²) >= 11 is 0. The van der Waals surface area contributed by atoms with Crippen LogP contribution in [-0.2, 0) is 5.41 Å². The van der Waals surface area contributed by atoms with Crippen molar-refractivity contribution >= 4 is 56.3 Å². The summed E-state index contributed by atoms with van der Waals surface area (Å²) in [7, 11) is 0. The molecular weight excluding hydrogens is 679 g/mol. The second kappa shape index (κ2) is 13.3. The van der Waals surface area contributed by atoms with E-state index in [4.69, 9.17) is 0 Å². The van der Waals surface area contributed by atoms with Gasteiger partial charge in [-0.1, -0.05) is 142 Å². The molecule has 3 nitrogen and oxygen atoms in total. The topological polar surface area (TPSA) is 20.2 Å². The van der Waals surface area contributed by atoms with Crippen molar-refractivity contribution in [2.24, 2.45) is 0 Å². The highest BCUT2D eigenvalue weighted by atomic mass is 15.1. The number of anilines is 5. The number of nitrogens with zero attached hydrogens (tertiary/aromatic N) is 2. The third-order valence-electron chi connectivity index (χ3n) is 11.5. The zero-order valence-electron chi connectivity index (χ0n) is 31.6. The molecule has 1 heterocycles. The second-order valence-corrected chi connectivity index (χ2v) is 15.1. The Morgan fingerprint density at radius 1 is 0.536 bits per heavy atom. The Balaban J connectivity index is 1.19. The van der Waals surface area contributed by atoms with Crippen LogP contribution < -0.4 is 10.2 Å². The summed E-state index contributed by atoms with van der Waals surface area (Å²) in [6, 6.07) is 67.8. The van der Waals surface area contributed by atoms with E-state index >= 15 is 0 Å². The van der Waals surface area contributed by atoms with E-state index in [0.717, 1.165) is 50.7 Å². The predicted molar refractivity (Wildman–Crippen MR) is 238 cm³/mol. The first-order valence-corrected chi connectivity index (χ1v) is 19.3. The molecule has 0 bridgehead atoms. The van der Waals surface area contributed by atoms with Gasteiger partial charge in [0.15, 0.2) is 0 Å². The maximum atomic E-state index is 4.34. The van der Waals surface area contributed by atoms with Crippen molar-refractivity contribution in [1.29, 1.82) is 0 Å². The average molecular weight is 720 g/mol. The Morgan fingerprint density at radius 2 is 1.14 bits per heavy atom. The molecule has 1 aliphatic carbocycles. The van der Waals surface area contributed by atoms with Crippen molar-refractivity contribution in [2.45, 2.75) is 19.3 Å². The highest BCUT2D eigenvalue weighted by Gasteiger charge is 2.35. The first-order chi connectivity index (χ1) is 27.5. The molecule has 0 atom stereocenters. The molecule has 0 fully saturated rings. The van der Waals surface area contributed by atoms with Crippen LogP contribution in [0.1, 0.15) is 30.5 Å². The zero-order valence-corrected chi connectivity index (χ0v) is 31.6. The molecule has 1 N–H and O–H groups in total. The van der Waals surface area contributed by atoms with Crippen LogP contribution in [-0.4, -0.2) is 4.57 Å². The molecule has 56 heavy (non-hydrogen) atoms. The summed E-state index contributed by atoms with van der Waals surface area (Å²) in [5.41, 5.74) is 17.4. The van der Waals surface area contributed by atoms with Gasteiger partial charge in [0.1, 0.15) is 0 Å². The van der Waals surface area contributed by atoms with Gasteiger partial charge in [0, 0.05) is 55.9 Å². The third kappa shape index (κ3) is 5.43. The van der Waals surface area contributed by atoms with E-state index in [0.29, 0.717) is 0 Å². The van der Waals surface area contributed by atoms with E-state index in [-0.39, 0.29) is 5.41 Å². The molecule has 0 radical (unpaired) electrons. The van der Waals surface area contributed by atoms with Crippen molar-refractivity contribution in [3.8, 4) is 27.9 Å². The number of rotatable bonds is 8. The molecule has 0 saturated carbocycles. The molecule has 0 saturated heterocycles. The average Bonchev–Trinajstić information content (AvgIpc) is 3.70. The van der Waals surface area contributed by atoms with Gasteiger partial charge in [0.05, 0.1) is 11.0 Å². The van der Waals surface area contributed by atoms with Crippen LogP contribution in [0.15, 0.2) is 195 Å². The Hall–Kier alpha value is -7.10. The fraction of sp³-hybridized carbons (Fsp3) is 0.0566. The summed E-state index contributed by atoms with van der Waals surface area (Å²) < 4.78 is 2.38. The van der Waals surface area contributed by atoms with Gasteiger partial charge in [-0.3, -0.25) is 0 Å². The van der Waals surface area contributed by atoms with Gasteiger partial charge in [0.2, 0.25) is 0 Å². The highest BCUT2D eigenvalue weighted by Crippen LogP contribution is 2.51. The number of hydrogen-bond acceptors (Lipinski definition) is 2. The van der Waals surface area contributed by atoms with Crippen molar-refractivity contribution in [3.63, 3.8) is 0 Å². The second-order valence-electron chi connectivity index (χ2n) is 15.1. The Labute approximate surface area is 328 Å². The third-order valence-corrected chi connectivity index (χ3v) is 11.5. The first-order valence-electron chi connectivity index (χ1n) is 19.3. The van der Waals surface area contributed by atoms with Crippen LogP contribution in [0, 0.1) is 0 Å². The van der Waals surface area contributed by atoms with Gasteiger partial charge in [-0.15, -0.1) is 0 Å². The molecule has 3 heteroatoms. The number of benzene rings is 8. The molecule has 1 aromatic heterocycles. The SMILES string of the molecule is C=Cc1c(Nc2ccccc2)ccc2c3cc(N(c4ccc(-c5ccccc5)cc4)c4ccc5c(c4)C(C)(C)c4ccccc4-5)ccc3n(-c3ccccc3)c12. The number of nitrogens with one attached hydrogen (secondary N) is 1. The van der Waals surface area contributed by atoms with Crippen molar-refractivity contribution in [3.05, 3.63) is 211 Å². The van der Waals surface area contributed by atoms with Gasteiger partial charge >= 0.3 is 0 Å². The van der Waals surface area contributed by atoms with Crippen molar-refractivity contribution in [1.82, 2.24) is 4.57 Å². The standard InChI is InChI=1S/C53H41N3/c1-4-43-50(54-38-18-10-6-11-19-38)32-31-46-47-34-41(29-33-51(47)56(52(43)46)39-20-12-7-13-21-39)55(40-26-24-37(25-27-40)36-16-8-5-9-17-36)42-28-30-45-44-22-14-15-23-48(44)53(2,3)49(45)35-42/h4-35,54H,1H2,2-3H3. The Bertz CT molecular complexity index is 2900. The van der Waals surface area contributed by atoms with Crippen LogP contribution in [0.25, 0.3) is 55.8 Å².